The Labute approximate surface area is 116 Å². The highest BCUT2D eigenvalue weighted by atomic mass is 16.5. The van der Waals surface area contributed by atoms with Crippen LogP contribution < -0.4 is 5.73 Å². The lowest BCUT2D eigenvalue weighted by molar-refractivity contribution is -0.0472. The van der Waals surface area contributed by atoms with Crippen molar-refractivity contribution < 1.29 is 4.74 Å². The van der Waals surface area contributed by atoms with Gasteiger partial charge in [0.2, 0.25) is 0 Å². The number of hydrogen-bond donors (Lipinski definition) is 1. The highest BCUT2D eigenvalue weighted by Gasteiger charge is 2.31. The molecule has 0 spiro atoms. The Morgan fingerprint density at radius 1 is 1.42 bits per heavy atom. The third kappa shape index (κ3) is 3.93. The molecule has 1 fully saturated rings. The highest BCUT2D eigenvalue weighted by Crippen LogP contribution is 2.35. The lowest BCUT2D eigenvalue weighted by Gasteiger charge is -2.37. The van der Waals surface area contributed by atoms with E-state index in [2.05, 4.69) is 25.8 Å². The van der Waals surface area contributed by atoms with Crippen LogP contribution in [-0.2, 0) is 11.3 Å². The number of ether oxygens (including phenoxy) is 1. The summed E-state index contributed by atoms with van der Waals surface area (Å²) in [5.74, 6) is 2.73. The molecule has 0 bridgehead atoms. The molecule has 2 N–H and O–H groups in total. The molecule has 1 aromatic rings. The zero-order valence-electron chi connectivity index (χ0n) is 12.3. The van der Waals surface area contributed by atoms with Crippen LogP contribution in [0.1, 0.15) is 45.6 Å². The topological polar surface area (TPSA) is 48.1 Å². The number of hydrogen-bond acceptors (Lipinski definition) is 3. The molecule has 3 heteroatoms. The standard InChI is InChI=1S/C16H26N2O/c1-11(2)14-5-4-12(3)8-15(14)19-10-13-6-7-18-16(17)9-13/h6-7,9,11-12,14-15H,4-5,8,10H2,1-3H3,(H2,17,18). The summed E-state index contributed by atoms with van der Waals surface area (Å²) in [6, 6.07) is 3.88. The van der Waals surface area contributed by atoms with Crippen LogP contribution in [0.2, 0.25) is 0 Å². The SMILES string of the molecule is CC1CCC(C(C)C)C(OCc2ccnc(N)c2)C1. The third-order valence-electron chi connectivity index (χ3n) is 4.27. The van der Waals surface area contributed by atoms with Crippen LogP contribution in [0.3, 0.4) is 0 Å². The predicted molar refractivity (Wildman–Crippen MR) is 78.6 cm³/mol. The molecule has 106 valence electrons. The Hall–Kier alpha value is -1.09. The van der Waals surface area contributed by atoms with Crippen molar-refractivity contribution in [2.75, 3.05) is 5.73 Å². The van der Waals surface area contributed by atoms with Crippen LogP contribution in [0.4, 0.5) is 5.82 Å². The van der Waals surface area contributed by atoms with Gasteiger partial charge in [-0.25, -0.2) is 4.98 Å². The van der Waals surface area contributed by atoms with Gasteiger partial charge in [-0.2, -0.15) is 0 Å². The van der Waals surface area contributed by atoms with Gasteiger partial charge in [0.1, 0.15) is 5.82 Å². The molecule has 3 unspecified atom stereocenters. The van der Waals surface area contributed by atoms with Crippen molar-refractivity contribution in [3.63, 3.8) is 0 Å². The van der Waals surface area contributed by atoms with Crippen molar-refractivity contribution in [3.05, 3.63) is 23.9 Å². The lowest BCUT2D eigenvalue weighted by atomic mass is 9.75. The van der Waals surface area contributed by atoms with E-state index in [9.17, 15) is 0 Å². The van der Waals surface area contributed by atoms with Crippen LogP contribution in [0.15, 0.2) is 18.3 Å². The molecule has 0 aliphatic heterocycles. The maximum Gasteiger partial charge on any atom is 0.123 e. The Morgan fingerprint density at radius 2 is 2.21 bits per heavy atom. The molecule has 3 nitrogen and oxygen atoms in total. The summed E-state index contributed by atoms with van der Waals surface area (Å²) in [6.07, 6.45) is 5.95. The molecule has 1 aromatic heterocycles. The molecular formula is C16H26N2O. The van der Waals surface area contributed by atoms with Gasteiger partial charge >= 0.3 is 0 Å². The average Bonchev–Trinajstić information content (AvgIpc) is 2.36. The van der Waals surface area contributed by atoms with Crippen molar-refractivity contribution >= 4 is 5.82 Å². The minimum atomic E-state index is 0.387. The van der Waals surface area contributed by atoms with Gasteiger partial charge in [0.25, 0.3) is 0 Å². The first-order chi connectivity index (χ1) is 9.06. The van der Waals surface area contributed by atoms with Gasteiger partial charge in [-0.3, -0.25) is 0 Å². The van der Waals surface area contributed by atoms with Crippen LogP contribution in [0, 0.1) is 17.8 Å². The summed E-state index contributed by atoms with van der Waals surface area (Å²) in [5, 5.41) is 0. The molecule has 19 heavy (non-hydrogen) atoms. The number of aromatic nitrogens is 1. The van der Waals surface area contributed by atoms with Gasteiger partial charge in [0.15, 0.2) is 0 Å². The summed E-state index contributed by atoms with van der Waals surface area (Å²) >= 11 is 0. The summed E-state index contributed by atoms with van der Waals surface area (Å²) in [6.45, 7) is 7.59. The average molecular weight is 262 g/mol. The number of nitrogens with zero attached hydrogens (tertiary/aromatic N) is 1. The van der Waals surface area contributed by atoms with Crippen LogP contribution in [0.5, 0.6) is 0 Å². The van der Waals surface area contributed by atoms with E-state index >= 15 is 0 Å². The van der Waals surface area contributed by atoms with E-state index in [0.717, 1.165) is 11.5 Å². The van der Waals surface area contributed by atoms with Crippen molar-refractivity contribution in [2.45, 2.75) is 52.7 Å². The minimum absolute atomic E-state index is 0.387. The normalized spacial score (nSPS) is 27.7. The quantitative estimate of drug-likeness (QED) is 0.901. The second kappa shape index (κ2) is 6.38. The lowest BCUT2D eigenvalue weighted by Crippen LogP contribution is -2.34. The second-order valence-corrected chi connectivity index (χ2v) is 6.26. The summed E-state index contributed by atoms with van der Waals surface area (Å²) < 4.78 is 6.18. The number of nitrogen functional groups attached to an aromatic ring is 1. The molecule has 0 aromatic carbocycles. The monoisotopic (exact) mass is 262 g/mol. The first-order valence-electron chi connectivity index (χ1n) is 7.38. The van der Waals surface area contributed by atoms with Crippen molar-refractivity contribution in [2.24, 2.45) is 17.8 Å². The van der Waals surface area contributed by atoms with Gasteiger partial charge in [0, 0.05) is 6.20 Å². The molecule has 1 aliphatic carbocycles. The molecular weight excluding hydrogens is 236 g/mol. The smallest absolute Gasteiger partial charge is 0.123 e. The van der Waals surface area contributed by atoms with Crippen LogP contribution in [-0.4, -0.2) is 11.1 Å². The Balaban J connectivity index is 1.95. The van der Waals surface area contributed by atoms with Crippen molar-refractivity contribution in [3.8, 4) is 0 Å². The Bertz CT molecular complexity index is 405. The number of pyridine rings is 1. The first kappa shape index (κ1) is 14.3. The second-order valence-electron chi connectivity index (χ2n) is 6.26. The molecule has 0 radical (unpaired) electrons. The number of anilines is 1. The van der Waals surface area contributed by atoms with Crippen LogP contribution >= 0.6 is 0 Å². The van der Waals surface area contributed by atoms with E-state index in [1.807, 2.05) is 12.1 Å². The molecule has 1 heterocycles. The zero-order valence-corrected chi connectivity index (χ0v) is 12.3. The molecule has 2 rings (SSSR count). The minimum Gasteiger partial charge on any atom is -0.384 e. The van der Waals surface area contributed by atoms with Crippen LogP contribution in [0.25, 0.3) is 0 Å². The fraction of sp³-hybridized carbons (Fsp3) is 0.688. The summed E-state index contributed by atoms with van der Waals surface area (Å²) in [4.78, 5) is 4.01. The Morgan fingerprint density at radius 3 is 2.89 bits per heavy atom. The largest absolute Gasteiger partial charge is 0.384 e. The highest BCUT2D eigenvalue weighted by molar-refractivity contribution is 5.31. The van der Waals surface area contributed by atoms with Gasteiger partial charge in [-0.15, -0.1) is 0 Å². The molecule has 1 aliphatic rings. The van der Waals surface area contributed by atoms with Crippen molar-refractivity contribution in [1.29, 1.82) is 0 Å². The maximum atomic E-state index is 6.18. The van der Waals surface area contributed by atoms with E-state index in [-0.39, 0.29) is 0 Å². The number of nitrogens with two attached hydrogens (primary N) is 1. The van der Waals surface area contributed by atoms with Crippen molar-refractivity contribution in [1.82, 2.24) is 4.98 Å². The summed E-state index contributed by atoms with van der Waals surface area (Å²) in [7, 11) is 0. The summed E-state index contributed by atoms with van der Waals surface area (Å²) in [5.41, 5.74) is 6.82. The maximum absolute atomic E-state index is 6.18. The fourth-order valence-corrected chi connectivity index (χ4v) is 3.09. The van der Waals surface area contributed by atoms with E-state index in [4.69, 9.17) is 10.5 Å². The Kier molecular flexibility index (Phi) is 4.81. The van der Waals surface area contributed by atoms with Gasteiger partial charge in [-0.1, -0.05) is 27.2 Å². The molecule has 1 saturated carbocycles. The van der Waals surface area contributed by atoms with E-state index in [0.29, 0.717) is 30.4 Å². The van der Waals surface area contributed by atoms with E-state index in [1.54, 1.807) is 6.20 Å². The van der Waals surface area contributed by atoms with Gasteiger partial charge in [0.05, 0.1) is 12.7 Å². The zero-order chi connectivity index (χ0) is 13.8. The fourth-order valence-electron chi connectivity index (χ4n) is 3.09. The van der Waals surface area contributed by atoms with E-state index < -0.39 is 0 Å². The molecule has 0 amide bonds. The molecule has 3 atom stereocenters. The number of rotatable bonds is 4. The first-order valence-corrected chi connectivity index (χ1v) is 7.38. The predicted octanol–water partition coefficient (Wildman–Crippen LogP) is 3.64. The third-order valence-corrected chi connectivity index (χ3v) is 4.27. The van der Waals surface area contributed by atoms with E-state index in [1.165, 1.54) is 19.3 Å². The van der Waals surface area contributed by atoms with Gasteiger partial charge < -0.3 is 10.5 Å². The van der Waals surface area contributed by atoms with Gasteiger partial charge in [-0.05, 0) is 48.3 Å². The molecule has 0 saturated heterocycles.